The highest BCUT2D eigenvalue weighted by molar-refractivity contribution is 5.47. The Morgan fingerprint density at radius 1 is 1.17 bits per heavy atom. The predicted octanol–water partition coefficient (Wildman–Crippen LogP) is 1.95. The Hall–Kier alpha value is -2.10. The Morgan fingerprint density at radius 3 is 2.44 bits per heavy atom. The highest BCUT2D eigenvalue weighted by atomic mass is 15.1. The zero-order valence-electron chi connectivity index (χ0n) is 10.4. The molecule has 4 nitrogen and oxygen atoms in total. The summed E-state index contributed by atoms with van der Waals surface area (Å²) in [4.78, 5) is 8.43. The smallest absolute Gasteiger partial charge is 0.132 e. The maximum absolute atomic E-state index is 5.73. The van der Waals surface area contributed by atoms with E-state index < -0.39 is 0 Å². The second kappa shape index (κ2) is 4.29. The van der Waals surface area contributed by atoms with Gasteiger partial charge in [0.25, 0.3) is 0 Å². The van der Waals surface area contributed by atoms with Crippen molar-refractivity contribution in [2.75, 3.05) is 11.1 Å². The summed E-state index contributed by atoms with van der Waals surface area (Å²) >= 11 is 0. The van der Waals surface area contributed by atoms with Crippen LogP contribution in [0.4, 0.5) is 11.6 Å². The molecule has 1 aromatic carbocycles. The minimum Gasteiger partial charge on any atom is -0.384 e. The molecule has 0 saturated heterocycles. The van der Waals surface area contributed by atoms with E-state index in [0.29, 0.717) is 17.7 Å². The van der Waals surface area contributed by atoms with Gasteiger partial charge < -0.3 is 11.1 Å². The molecule has 0 fully saturated rings. The van der Waals surface area contributed by atoms with Crippen molar-refractivity contribution in [3.8, 4) is 0 Å². The van der Waals surface area contributed by atoms with Crippen LogP contribution in [-0.2, 0) is 12.8 Å². The molecule has 1 heterocycles. The number of aryl methyl sites for hydroxylation is 1. The van der Waals surface area contributed by atoms with Crippen LogP contribution in [0.1, 0.15) is 17.0 Å². The number of nitrogens with zero attached hydrogens (tertiary/aromatic N) is 2. The van der Waals surface area contributed by atoms with Gasteiger partial charge in [0.1, 0.15) is 17.5 Å². The summed E-state index contributed by atoms with van der Waals surface area (Å²) in [7, 11) is 0. The third kappa shape index (κ3) is 2.14. The Bertz CT molecular complexity index is 535. The van der Waals surface area contributed by atoms with Crippen molar-refractivity contribution in [1.82, 2.24) is 9.97 Å². The van der Waals surface area contributed by atoms with E-state index in [1.54, 1.807) is 6.07 Å². The molecule has 1 aromatic heterocycles. The number of hydrogen-bond donors (Lipinski definition) is 2. The Morgan fingerprint density at radius 2 is 1.83 bits per heavy atom. The van der Waals surface area contributed by atoms with E-state index in [1.807, 2.05) is 6.92 Å². The summed E-state index contributed by atoms with van der Waals surface area (Å²) in [6.45, 7) is 1.85. The predicted molar refractivity (Wildman–Crippen MR) is 72.4 cm³/mol. The van der Waals surface area contributed by atoms with Crippen molar-refractivity contribution in [3.63, 3.8) is 0 Å². The molecule has 0 unspecified atom stereocenters. The summed E-state index contributed by atoms with van der Waals surface area (Å²) in [6.07, 6.45) is 2.08. The molecule has 0 aliphatic heterocycles. The number of aromatic nitrogens is 2. The summed E-state index contributed by atoms with van der Waals surface area (Å²) < 4.78 is 0. The summed E-state index contributed by atoms with van der Waals surface area (Å²) in [5, 5.41) is 3.44. The highest BCUT2D eigenvalue weighted by Crippen LogP contribution is 2.24. The first-order valence-electron chi connectivity index (χ1n) is 6.15. The standard InChI is InChI=1S/C14H16N4/c1-9-16-13(15)8-14(17-9)18-12-6-10-4-2-3-5-11(10)7-12/h2-5,8,12H,6-7H2,1H3,(H3,15,16,17,18). The van der Waals surface area contributed by atoms with Gasteiger partial charge in [0.15, 0.2) is 0 Å². The zero-order valence-corrected chi connectivity index (χ0v) is 10.4. The maximum atomic E-state index is 5.73. The molecule has 4 heteroatoms. The molecule has 0 spiro atoms. The fourth-order valence-electron chi connectivity index (χ4n) is 2.53. The van der Waals surface area contributed by atoms with Crippen LogP contribution in [0.3, 0.4) is 0 Å². The van der Waals surface area contributed by atoms with Crippen LogP contribution in [0.15, 0.2) is 30.3 Å². The van der Waals surface area contributed by atoms with E-state index in [4.69, 9.17) is 5.73 Å². The van der Waals surface area contributed by atoms with Crippen LogP contribution in [0, 0.1) is 6.92 Å². The second-order valence-corrected chi connectivity index (χ2v) is 4.74. The van der Waals surface area contributed by atoms with Crippen molar-refractivity contribution in [1.29, 1.82) is 0 Å². The van der Waals surface area contributed by atoms with Gasteiger partial charge in [0.2, 0.25) is 0 Å². The zero-order chi connectivity index (χ0) is 12.5. The number of nitrogen functional groups attached to an aromatic ring is 1. The first-order chi connectivity index (χ1) is 8.70. The van der Waals surface area contributed by atoms with E-state index >= 15 is 0 Å². The molecule has 0 radical (unpaired) electrons. The molecule has 92 valence electrons. The second-order valence-electron chi connectivity index (χ2n) is 4.74. The largest absolute Gasteiger partial charge is 0.384 e. The van der Waals surface area contributed by atoms with E-state index in [2.05, 4.69) is 39.6 Å². The molecule has 3 N–H and O–H groups in total. The minimum atomic E-state index is 0.399. The molecule has 1 aliphatic rings. The molecule has 18 heavy (non-hydrogen) atoms. The van der Waals surface area contributed by atoms with Gasteiger partial charge in [-0.1, -0.05) is 24.3 Å². The van der Waals surface area contributed by atoms with Crippen LogP contribution in [0.5, 0.6) is 0 Å². The number of hydrogen-bond acceptors (Lipinski definition) is 4. The highest BCUT2D eigenvalue weighted by Gasteiger charge is 2.21. The Labute approximate surface area is 106 Å². The maximum Gasteiger partial charge on any atom is 0.132 e. The van der Waals surface area contributed by atoms with E-state index in [1.165, 1.54) is 11.1 Å². The average Bonchev–Trinajstić information content (AvgIpc) is 2.69. The average molecular weight is 240 g/mol. The topological polar surface area (TPSA) is 63.8 Å². The van der Waals surface area contributed by atoms with Gasteiger partial charge in [0, 0.05) is 12.1 Å². The molecule has 3 rings (SSSR count). The quantitative estimate of drug-likeness (QED) is 0.842. The summed E-state index contributed by atoms with van der Waals surface area (Å²) in [6, 6.07) is 10.8. The fraction of sp³-hybridized carbons (Fsp3) is 0.286. The number of nitrogens with two attached hydrogens (primary N) is 1. The molecule has 0 bridgehead atoms. The molecule has 0 amide bonds. The number of benzene rings is 1. The van der Waals surface area contributed by atoms with Crippen molar-refractivity contribution >= 4 is 11.6 Å². The number of nitrogens with one attached hydrogen (secondary N) is 1. The molecule has 0 atom stereocenters. The summed E-state index contributed by atoms with van der Waals surface area (Å²) in [5.41, 5.74) is 8.58. The van der Waals surface area contributed by atoms with Gasteiger partial charge in [-0.25, -0.2) is 9.97 Å². The van der Waals surface area contributed by atoms with Gasteiger partial charge in [-0.15, -0.1) is 0 Å². The number of anilines is 2. The summed E-state index contributed by atoms with van der Waals surface area (Å²) in [5.74, 6) is 2.03. The van der Waals surface area contributed by atoms with Gasteiger partial charge in [-0.05, 0) is 30.9 Å². The minimum absolute atomic E-state index is 0.399. The van der Waals surface area contributed by atoms with Crippen molar-refractivity contribution in [3.05, 3.63) is 47.3 Å². The molecule has 2 aromatic rings. The first-order valence-corrected chi connectivity index (χ1v) is 6.15. The number of fused-ring (bicyclic) bond motifs is 1. The van der Waals surface area contributed by atoms with Crippen LogP contribution in [0.25, 0.3) is 0 Å². The van der Waals surface area contributed by atoms with Gasteiger partial charge in [-0.2, -0.15) is 0 Å². The molecular weight excluding hydrogens is 224 g/mol. The fourth-order valence-corrected chi connectivity index (χ4v) is 2.53. The lowest BCUT2D eigenvalue weighted by atomic mass is 10.1. The third-order valence-corrected chi connectivity index (χ3v) is 3.26. The normalized spacial score (nSPS) is 14.5. The van der Waals surface area contributed by atoms with Crippen LogP contribution < -0.4 is 11.1 Å². The lowest BCUT2D eigenvalue weighted by molar-refractivity contribution is 0.766. The Kier molecular flexibility index (Phi) is 2.63. The third-order valence-electron chi connectivity index (χ3n) is 3.26. The molecule has 0 saturated carbocycles. The van der Waals surface area contributed by atoms with Gasteiger partial charge in [-0.3, -0.25) is 0 Å². The van der Waals surface area contributed by atoms with E-state index in [-0.39, 0.29) is 0 Å². The molecular formula is C14H16N4. The van der Waals surface area contributed by atoms with E-state index in [9.17, 15) is 0 Å². The van der Waals surface area contributed by atoms with E-state index in [0.717, 1.165) is 18.7 Å². The number of rotatable bonds is 2. The Balaban J connectivity index is 1.76. The van der Waals surface area contributed by atoms with Crippen LogP contribution >= 0.6 is 0 Å². The molecule has 1 aliphatic carbocycles. The van der Waals surface area contributed by atoms with Crippen molar-refractivity contribution in [2.45, 2.75) is 25.8 Å². The van der Waals surface area contributed by atoms with Gasteiger partial charge in [0.05, 0.1) is 0 Å². The lowest BCUT2D eigenvalue weighted by Crippen LogP contribution is -2.20. The van der Waals surface area contributed by atoms with Crippen molar-refractivity contribution in [2.24, 2.45) is 0 Å². The monoisotopic (exact) mass is 240 g/mol. The van der Waals surface area contributed by atoms with Crippen molar-refractivity contribution < 1.29 is 0 Å². The SMILES string of the molecule is Cc1nc(N)cc(NC2Cc3ccccc3C2)n1. The first kappa shape index (κ1) is 11.0. The van der Waals surface area contributed by atoms with Crippen LogP contribution in [0.2, 0.25) is 0 Å². The lowest BCUT2D eigenvalue weighted by Gasteiger charge is -2.13. The van der Waals surface area contributed by atoms with Crippen LogP contribution in [-0.4, -0.2) is 16.0 Å². The van der Waals surface area contributed by atoms with Gasteiger partial charge >= 0.3 is 0 Å².